The summed E-state index contributed by atoms with van der Waals surface area (Å²) in [6, 6.07) is 0. The summed E-state index contributed by atoms with van der Waals surface area (Å²) in [6.07, 6.45) is 22.3. The minimum absolute atomic E-state index is 0.0228. The molecule has 0 aromatic heterocycles. The summed E-state index contributed by atoms with van der Waals surface area (Å²) in [5.74, 6) is 1.32. The van der Waals surface area contributed by atoms with Gasteiger partial charge in [0.05, 0.1) is 6.67 Å². The number of nitrogens with one attached hydrogen (secondary N) is 2. The highest BCUT2D eigenvalue weighted by Gasteiger charge is 2.05. The maximum absolute atomic E-state index is 11.8. The lowest BCUT2D eigenvalue weighted by Gasteiger charge is -2.11. The molecule has 0 heterocycles. The van der Waals surface area contributed by atoms with Crippen molar-refractivity contribution in [3.8, 4) is 0 Å². The van der Waals surface area contributed by atoms with Gasteiger partial charge in [-0.3, -0.25) is 9.59 Å². The zero-order chi connectivity index (χ0) is 25.3. The minimum Gasteiger partial charge on any atom is -0.339 e. The van der Waals surface area contributed by atoms with Gasteiger partial charge in [0.2, 0.25) is 11.8 Å². The number of thioether (sulfide) groups is 1. The second kappa shape index (κ2) is 25.3. The lowest BCUT2D eigenvalue weighted by molar-refractivity contribution is -0.123. The zero-order valence-corrected chi connectivity index (χ0v) is 23.9. The summed E-state index contributed by atoms with van der Waals surface area (Å²) in [5.41, 5.74) is 0. The predicted molar refractivity (Wildman–Crippen MR) is 150 cm³/mol. The second-order valence-electron chi connectivity index (χ2n) is 10.1. The Kier molecular flexibility index (Phi) is 24.8. The van der Waals surface area contributed by atoms with E-state index in [1.165, 1.54) is 95.6 Å². The Hall–Kier alpha value is -0.750. The Balaban J connectivity index is 3.32. The summed E-state index contributed by atoms with van der Waals surface area (Å²) in [5, 5.41) is 6.33. The van der Waals surface area contributed by atoms with Crippen molar-refractivity contribution >= 4 is 23.6 Å². The number of nitrogens with zero attached hydrogens (tertiary/aromatic N) is 1. The van der Waals surface area contributed by atoms with Crippen LogP contribution in [-0.4, -0.2) is 55.0 Å². The van der Waals surface area contributed by atoms with Crippen LogP contribution in [0.15, 0.2) is 0 Å². The molecular formula is C28H57N3O2S. The molecule has 0 saturated carbocycles. The van der Waals surface area contributed by atoms with E-state index in [0.717, 1.165) is 24.6 Å². The molecule has 1 atom stereocenters. The van der Waals surface area contributed by atoms with Gasteiger partial charge in [-0.15, -0.1) is 0 Å². The smallest absolute Gasteiger partial charge is 0.222 e. The molecule has 0 aromatic carbocycles. The van der Waals surface area contributed by atoms with E-state index in [-0.39, 0.29) is 18.5 Å². The summed E-state index contributed by atoms with van der Waals surface area (Å²) in [6.45, 7) is 5.64. The normalized spacial score (nSPS) is 12.1. The highest BCUT2D eigenvalue weighted by Crippen LogP contribution is 2.20. The average molecular weight is 500 g/mol. The molecule has 0 aliphatic carbocycles. The van der Waals surface area contributed by atoms with Crippen LogP contribution in [0, 0.1) is 0 Å². The summed E-state index contributed by atoms with van der Waals surface area (Å²) >= 11 is 2.17. The first-order valence-corrected chi connectivity index (χ1v) is 15.3. The van der Waals surface area contributed by atoms with Crippen molar-refractivity contribution in [1.29, 1.82) is 0 Å². The first-order chi connectivity index (χ1) is 16.5. The van der Waals surface area contributed by atoms with Gasteiger partial charge in [-0.05, 0) is 39.1 Å². The molecule has 5 nitrogen and oxygen atoms in total. The number of hydrogen-bond donors (Lipinski definition) is 2. The van der Waals surface area contributed by atoms with Crippen LogP contribution >= 0.6 is 11.8 Å². The lowest BCUT2D eigenvalue weighted by atomic mass is 10.1. The van der Waals surface area contributed by atoms with E-state index >= 15 is 0 Å². The molecule has 0 aromatic rings. The zero-order valence-electron chi connectivity index (χ0n) is 23.1. The Morgan fingerprint density at radius 1 is 0.706 bits per heavy atom. The molecule has 0 aliphatic rings. The van der Waals surface area contributed by atoms with E-state index in [9.17, 15) is 9.59 Å². The lowest BCUT2D eigenvalue weighted by Crippen LogP contribution is -2.38. The maximum atomic E-state index is 11.8. The van der Waals surface area contributed by atoms with E-state index in [0.29, 0.717) is 12.8 Å². The van der Waals surface area contributed by atoms with Crippen molar-refractivity contribution in [2.75, 3.05) is 33.1 Å². The number of unbranched alkanes of at least 4 members (excludes halogenated alkanes) is 13. The SMILES string of the molecule is CCCCCCCCCCC(C)SCCCCCCCCCC(=O)NCNC(=O)CCN(C)C. The van der Waals surface area contributed by atoms with Crippen molar-refractivity contribution in [1.82, 2.24) is 15.5 Å². The van der Waals surface area contributed by atoms with Crippen molar-refractivity contribution in [2.24, 2.45) is 0 Å². The van der Waals surface area contributed by atoms with Crippen LogP contribution in [0.1, 0.15) is 129 Å². The third kappa shape index (κ3) is 25.9. The molecule has 34 heavy (non-hydrogen) atoms. The number of hydrogen-bond acceptors (Lipinski definition) is 4. The molecule has 0 saturated heterocycles. The van der Waals surface area contributed by atoms with Crippen LogP contribution in [0.4, 0.5) is 0 Å². The molecule has 2 amide bonds. The predicted octanol–water partition coefficient (Wildman–Crippen LogP) is 6.90. The molecule has 202 valence electrons. The molecule has 0 rings (SSSR count). The van der Waals surface area contributed by atoms with Gasteiger partial charge in [-0.2, -0.15) is 11.8 Å². The highest BCUT2D eigenvalue weighted by atomic mass is 32.2. The molecule has 1 unspecified atom stereocenters. The van der Waals surface area contributed by atoms with E-state index in [4.69, 9.17) is 0 Å². The molecular weight excluding hydrogens is 442 g/mol. The second-order valence-corrected chi connectivity index (χ2v) is 11.6. The Labute approximate surface area is 216 Å². The van der Waals surface area contributed by atoms with Gasteiger partial charge in [0.25, 0.3) is 0 Å². The van der Waals surface area contributed by atoms with Crippen LogP contribution in [0.3, 0.4) is 0 Å². The minimum atomic E-state index is -0.0228. The van der Waals surface area contributed by atoms with Gasteiger partial charge in [0, 0.05) is 24.6 Å². The molecule has 0 fully saturated rings. The monoisotopic (exact) mass is 499 g/mol. The fourth-order valence-electron chi connectivity index (χ4n) is 3.95. The van der Waals surface area contributed by atoms with E-state index in [2.05, 4.69) is 36.2 Å². The molecule has 6 heteroatoms. The van der Waals surface area contributed by atoms with Crippen LogP contribution in [0.2, 0.25) is 0 Å². The standard InChI is InChI=1S/C28H57N3O2S/c1-5-6-7-8-9-11-14-17-20-26(2)34-24-19-16-13-10-12-15-18-21-27(32)29-25-30-28(33)22-23-31(3)4/h26H,5-25H2,1-4H3,(H,29,32)(H,30,33). The van der Waals surface area contributed by atoms with E-state index in [1.807, 2.05) is 19.0 Å². The van der Waals surface area contributed by atoms with Crippen molar-refractivity contribution < 1.29 is 9.59 Å². The third-order valence-electron chi connectivity index (χ3n) is 6.27. The van der Waals surface area contributed by atoms with Crippen LogP contribution in [-0.2, 0) is 9.59 Å². The number of rotatable bonds is 25. The largest absolute Gasteiger partial charge is 0.339 e. The van der Waals surface area contributed by atoms with Crippen LogP contribution in [0.25, 0.3) is 0 Å². The molecule has 0 radical (unpaired) electrons. The van der Waals surface area contributed by atoms with Crippen molar-refractivity contribution in [3.05, 3.63) is 0 Å². The first-order valence-electron chi connectivity index (χ1n) is 14.3. The van der Waals surface area contributed by atoms with Gasteiger partial charge in [0.15, 0.2) is 0 Å². The summed E-state index contributed by atoms with van der Waals surface area (Å²) < 4.78 is 0. The van der Waals surface area contributed by atoms with Gasteiger partial charge in [-0.25, -0.2) is 0 Å². The fraction of sp³-hybridized carbons (Fsp3) is 0.929. The number of carbonyl (C=O) groups is 2. The molecule has 0 bridgehead atoms. The fourth-order valence-corrected chi connectivity index (χ4v) is 5.05. The Morgan fingerprint density at radius 2 is 1.21 bits per heavy atom. The number of carbonyl (C=O) groups excluding carboxylic acids is 2. The van der Waals surface area contributed by atoms with Crippen molar-refractivity contribution in [3.63, 3.8) is 0 Å². The molecule has 0 aliphatic heterocycles. The van der Waals surface area contributed by atoms with Gasteiger partial charge < -0.3 is 15.5 Å². The highest BCUT2D eigenvalue weighted by molar-refractivity contribution is 7.99. The van der Waals surface area contributed by atoms with E-state index in [1.54, 1.807) is 0 Å². The molecule has 0 spiro atoms. The quantitative estimate of drug-likeness (QED) is 0.106. The summed E-state index contributed by atoms with van der Waals surface area (Å²) in [4.78, 5) is 25.4. The van der Waals surface area contributed by atoms with Gasteiger partial charge in [-0.1, -0.05) is 97.3 Å². The van der Waals surface area contributed by atoms with E-state index < -0.39 is 0 Å². The maximum Gasteiger partial charge on any atom is 0.222 e. The van der Waals surface area contributed by atoms with Crippen LogP contribution < -0.4 is 10.6 Å². The Bertz CT molecular complexity index is 475. The number of amides is 2. The summed E-state index contributed by atoms with van der Waals surface area (Å²) in [7, 11) is 3.88. The van der Waals surface area contributed by atoms with Crippen LogP contribution in [0.5, 0.6) is 0 Å². The Morgan fingerprint density at radius 3 is 1.79 bits per heavy atom. The van der Waals surface area contributed by atoms with Gasteiger partial charge >= 0.3 is 0 Å². The van der Waals surface area contributed by atoms with Crippen molar-refractivity contribution in [2.45, 2.75) is 135 Å². The topological polar surface area (TPSA) is 61.4 Å². The van der Waals surface area contributed by atoms with Gasteiger partial charge in [0.1, 0.15) is 0 Å². The average Bonchev–Trinajstić information content (AvgIpc) is 2.80. The molecule has 2 N–H and O–H groups in total. The first kappa shape index (κ1) is 33.2. The third-order valence-corrected chi connectivity index (χ3v) is 7.60.